The van der Waals surface area contributed by atoms with E-state index in [2.05, 4.69) is 12.2 Å². The van der Waals surface area contributed by atoms with E-state index in [1.165, 1.54) is 0 Å². The Balaban J connectivity index is 2.66. The van der Waals surface area contributed by atoms with Gasteiger partial charge < -0.3 is 15.2 Å². The Hall–Kier alpha value is -1.26. The third-order valence-electron chi connectivity index (χ3n) is 3.22. The minimum atomic E-state index is -0.626. The second-order valence-electron chi connectivity index (χ2n) is 5.32. The van der Waals surface area contributed by atoms with E-state index in [1.54, 1.807) is 32.0 Å². The molecule has 0 heterocycles. The Bertz CT molecular complexity index is 477. The number of amides is 1. The van der Waals surface area contributed by atoms with Gasteiger partial charge >= 0.3 is 0 Å². The maximum atomic E-state index is 12.0. The first-order valence-corrected chi connectivity index (χ1v) is 7.67. The van der Waals surface area contributed by atoms with Gasteiger partial charge in [0.05, 0.1) is 11.1 Å². The molecule has 0 aromatic heterocycles. The molecule has 0 aliphatic rings. The van der Waals surface area contributed by atoms with Crippen LogP contribution in [0.15, 0.2) is 18.2 Å². The third-order valence-corrected chi connectivity index (χ3v) is 3.52. The van der Waals surface area contributed by atoms with Crippen LogP contribution in [0.25, 0.3) is 0 Å². The van der Waals surface area contributed by atoms with Crippen molar-refractivity contribution in [3.8, 4) is 5.75 Å². The molecule has 1 amide bonds. The van der Waals surface area contributed by atoms with Gasteiger partial charge in [0.1, 0.15) is 5.75 Å². The first-order valence-electron chi connectivity index (χ1n) is 7.29. The van der Waals surface area contributed by atoms with Gasteiger partial charge in [-0.3, -0.25) is 4.79 Å². The molecular formula is C16H24ClNO3. The molecule has 21 heavy (non-hydrogen) atoms. The van der Waals surface area contributed by atoms with Crippen molar-refractivity contribution < 1.29 is 14.6 Å². The normalized spacial score (nSPS) is 15.1. The molecule has 3 atom stereocenters. The number of hydrogen-bond donors (Lipinski definition) is 2. The molecular weight excluding hydrogens is 290 g/mol. The fraction of sp³-hybridized carbons (Fsp3) is 0.562. The van der Waals surface area contributed by atoms with Crippen molar-refractivity contribution in [1.82, 2.24) is 5.32 Å². The van der Waals surface area contributed by atoms with Crippen molar-refractivity contribution >= 4 is 17.5 Å². The largest absolute Gasteiger partial charge is 0.479 e. The Labute approximate surface area is 131 Å². The molecule has 0 aliphatic carbocycles. The molecule has 0 fully saturated rings. The average molecular weight is 314 g/mol. The number of ether oxygens (including phenoxy) is 1. The zero-order chi connectivity index (χ0) is 16.0. The minimum absolute atomic E-state index is 0.127. The zero-order valence-electron chi connectivity index (χ0n) is 13.0. The number of benzene rings is 1. The van der Waals surface area contributed by atoms with E-state index < -0.39 is 12.2 Å². The van der Waals surface area contributed by atoms with Crippen LogP contribution in [0, 0.1) is 0 Å². The first kappa shape index (κ1) is 17.8. The topological polar surface area (TPSA) is 58.6 Å². The van der Waals surface area contributed by atoms with Gasteiger partial charge in [0.25, 0.3) is 5.91 Å². The molecule has 5 heteroatoms. The predicted molar refractivity (Wildman–Crippen MR) is 84.7 cm³/mol. The summed E-state index contributed by atoms with van der Waals surface area (Å²) in [5.41, 5.74) is 0.709. The van der Waals surface area contributed by atoms with Crippen molar-refractivity contribution in [3.05, 3.63) is 28.8 Å². The van der Waals surface area contributed by atoms with Crippen LogP contribution in [0.4, 0.5) is 0 Å². The smallest absolute Gasteiger partial charge is 0.260 e. The number of carbonyl (C=O) groups is 1. The standard InChI is InChI=1S/C16H24ClNO3/c1-5-6-10(2)18-16(20)12(4)21-15-8-7-13(11(3)19)9-14(15)17/h7-12,19H,5-6H2,1-4H3,(H,18,20). The lowest BCUT2D eigenvalue weighted by Crippen LogP contribution is -2.41. The van der Waals surface area contributed by atoms with Crippen LogP contribution in [0.2, 0.25) is 5.02 Å². The van der Waals surface area contributed by atoms with Crippen LogP contribution < -0.4 is 10.1 Å². The Morgan fingerprint density at radius 3 is 2.57 bits per heavy atom. The molecule has 1 aromatic carbocycles. The summed E-state index contributed by atoms with van der Waals surface area (Å²) in [7, 11) is 0. The van der Waals surface area contributed by atoms with E-state index in [1.807, 2.05) is 6.92 Å². The SMILES string of the molecule is CCCC(C)NC(=O)C(C)Oc1ccc(C(C)O)cc1Cl. The summed E-state index contributed by atoms with van der Waals surface area (Å²) in [6.07, 6.45) is 0.734. The first-order chi connectivity index (χ1) is 9.85. The quantitative estimate of drug-likeness (QED) is 0.810. The highest BCUT2D eigenvalue weighted by molar-refractivity contribution is 6.32. The summed E-state index contributed by atoms with van der Waals surface area (Å²) in [6.45, 7) is 7.40. The number of rotatable bonds is 7. The second-order valence-corrected chi connectivity index (χ2v) is 5.73. The van der Waals surface area contributed by atoms with Crippen LogP contribution in [0.3, 0.4) is 0 Å². The molecule has 4 nitrogen and oxygen atoms in total. The van der Waals surface area contributed by atoms with Crippen molar-refractivity contribution in [2.45, 2.75) is 58.8 Å². The van der Waals surface area contributed by atoms with Crippen LogP contribution in [0.1, 0.15) is 52.2 Å². The molecule has 0 aliphatic heterocycles. The second kappa shape index (κ2) is 8.25. The molecule has 0 spiro atoms. The van der Waals surface area contributed by atoms with Crippen LogP contribution in [-0.2, 0) is 4.79 Å². The van der Waals surface area contributed by atoms with E-state index in [-0.39, 0.29) is 11.9 Å². The number of carbonyl (C=O) groups excluding carboxylic acids is 1. The van der Waals surface area contributed by atoms with Gasteiger partial charge in [0, 0.05) is 6.04 Å². The summed E-state index contributed by atoms with van der Waals surface area (Å²) in [5, 5.41) is 12.8. The molecule has 0 saturated carbocycles. The summed E-state index contributed by atoms with van der Waals surface area (Å²) >= 11 is 6.11. The van der Waals surface area contributed by atoms with Gasteiger partial charge in [0.15, 0.2) is 6.10 Å². The molecule has 1 rings (SSSR count). The highest BCUT2D eigenvalue weighted by Gasteiger charge is 2.18. The zero-order valence-corrected chi connectivity index (χ0v) is 13.8. The maximum Gasteiger partial charge on any atom is 0.260 e. The number of nitrogens with one attached hydrogen (secondary N) is 1. The van der Waals surface area contributed by atoms with E-state index in [0.29, 0.717) is 16.3 Å². The summed E-state index contributed by atoms with van der Waals surface area (Å²) in [5.74, 6) is 0.276. The van der Waals surface area contributed by atoms with Gasteiger partial charge in [-0.05, 0) is 44.9 Å². The molecule has 2 N–H and O–H groups in total. The van der Waals surface area contributed by atoms with Crippen molar-refractivity contribution in [2.75, 3.05) is 0 Å². The minimum Gasteiger partial charge on any atom is -0.479 e. The lowest BCUT2D eigenvalue weighted by molar-refractivity contribution is -0.127. The van der Waals surface area contributed by atoms with Crippen LogP contribution in [0.5, 0.6) is 5.75 Å². The van der Waals surface area contributed by atoms with E-state index >= 15 is 0 Å². The van der Waals surface area contributed by atoms with Gasteiger partial charge in [-0.25, -0.2) is 0 Å². The maximum absolute atomic E-state index is 12.0. The van der Waals surface area contributed by atoms with Crippen molar-refractivity contribution in [3.63, 3.8) is 0 Å². The Morgan fingerprint density at radius 2 is 2.05 bits per heavy atom. The van der Waals surface area contributed by atoms with E-state index in [4.69, 9.17) is 16.3 Å². The van der Waals surface area contributed by atoms with Gasteiger partial charge in [0.2, 0.25) is 0 Å². The Kier molecular flexibility index (Phi) is 6.99. The summed E-state index contributed by atoms with van der Waals surface area (Å²) in [4.78, 5) is 12.0. The van der Waals surface area contributed by atoms with E-state index in [0.717, 1.165) is 12.8 Å². The highest BCUT2D eigenvalue weighted by atomic mass is 35.5. The fourth-order valence-electron chi connectivity index (χ4n) is 1.98. The molecule has 0 saturated heterocycles. The van der Waals surface area contributed by atoms with Gasteiger partial charge in [-0.15, -0.1) is 0 Å². The van der Waals surface area contributed by atoms with Crippen molar-refractivity contribution in [1.29, 1.82) is 0 Å². The third kappa shape index (κ3) is 5.56. The number of hydrogen-bond acceptors (Lipinski definition) is 3. The highest BCUT2D eigenvalue weighted by Crippen LogP contribution is 2.28. The van der Waals surface area contributed by atoms with E-state index in [9.17, 15) is 9.90 Å². The molecule has 118 valence electrons. The van der Waals surface area contributed by atoms with Crippen molar-refractivity contribution in [2.24, 2.45) is 0 Å². The Morgan fingerprint density at radius 1 is 1.38 bits per heavy atom. The van der Waals surface area contributed by atoms with Gasteiger partial charge in [-0.2, -0.15) is 0 Å². The molecule has 0 radical (unpaired) electrons. The lowest BCUT2D eigenvalue weighted by atomic mass is 10.1. The van der Waals surface area contributed by atoms with Crippen LogP contribution in [-0.4, -0.2) is 23.2 Å². The number of halogens is 1. The summed E-state index contributed by atoms with van der Waals surface area (Å²) in [6, 6.07) is 5.17. The molecule has 3 unspecified atom stereocenters. The summed E-state index contributed by atoms with van der Waals surface area (Å²) < 4.78 is 5.60. The monoisotopic (exact) mass is 313 g/mol. The number of aliphatic hydroxyl groups is 1. The lowest BCUT2D eigenvalue weighted by Gasteiger charge is -2.19. The number of aliphatic hydroxyl groups excluding tert-OH is 1. The molecule has 0 bridgehead atoms. The fourth-order valence-corrected chi connectivity index (χ4v) is 2.22. The van der Waals surface area contributed by atoms with Gasteiger partial charge in [-0.1, -0.05) is 31.0 Å². The average Bonchev–Trinajstić information content (AvgIpc) is 2.40. The molecule has 1 aromatic rings. The van der Waals surface area contributed by atoms with Crippen LogP contribution >= 0.6 is 11.6 Å². The predicted octanol–water partition coefficient (Wildman–Crippen LogP) is 3.47.